The summed E-state index contributed by atoms with van der Waals surface area (Å²) in [4.78, 5) is 0. The van der Waals surface area contributed by atoms with Crippen LogP contribution >= 0.6 is 15.9 Å². The van der Waals surface area contributed by atoms with Crippen molar-refractivity contribution in [3.63, 3.8) is 0 Å². The van der Waals surface area contributed by atoms with Crippen LogP contribution in [0.1, 0.15) is 37.2 Å². The summed E-state index contributed by atoms with van der Waals surface area (Å²) in [6, 6.07) is 7.01. The lowest BCUT2D eigenvalue weighted by Gasteiger charge is -2.11. The Morgan fingerprint density at radius 2 is 2.11 bits per heavy atom. The predicted molar refractivity (Wildman–Crippen MR) is 77.3 cm³/mol. The smallest absolute Gasteiger partial charge is 0.137 e. The average Bonchev–Trinajstić information content (AvgIpc) is 2.81. The molecular formula is C14H17BrFN3. The fraction of sp³-hybridized carbons (Fsp3) is 0.357. The fourth-order valence-electron chi connectivity index (χ4n) is 1.86. The highest BCUT2D eigenvalue weighted by Gasteiger charge is 2.12. The van der Waals surface area contributed by atoms with Crippen LogP contribution in [-0.2, 0) is 6.42 Å². The fourth-order valence-corrected chi connectivity index (χ4v) is 2.11. The Bertz CT molecular complexity index is 566. The van der Waals surface area contributed by atoms with Crippen molar-refractivity contribution in [2.75, 3.05) is 0 Å². The predicted octanol–water partition coefficient (Wildman–Crippen LogP) is 3.61. The number of hydrogen-bond donors (Lipinski definition) is 1. The zero-order chi connectivity index (χ0) is 14.0. The Morgan fingerprint density at radius 1 is 1.37 bits per heavy atom. The minimum Gasteiger partial charge on any atom is -0.324 e. The SMILES string of the molecule is CC(C)n1ccc(CC(N)c2ccc(Br)c(F)c2)n1. The van der Waals surface area contributed by atoms with Crippen LogP contribution in [-0.4, -0.2) is 9.78 Å². The maximum atomic E-state index is 13.5. The van der Waals surface area contributed by atoms with Gasteiger partial charge in [0.25, 0.3) is 0 Å². The molecule has 1 aromatic carbocycles. The van der Waals surface area contributed by atoms with Gasteiger partial charge in [-0.05, 0) is 53.5 Å². The molecule has 0 aliphatic heterocycles. The number of benzene rings is 1. The molecule has 0 fully saturated rings. The summed E-state index contributed by atoms with van der Waals surface area (Å²) in [6.07, 6.45) is 2.54. The Hall–Kier alpha value is -1.20. The maximum absolute atomic E-state index is 13.5. The van der Waals surface area contributed by atoms with Crippen LogP contribution in [0.4, 0.5) is 4.39 Å². The van der Waals surface area contributed by atoms with Gasteiger partial charge in [0.1, 0.15) is 5.82 Å². The second-order valence-electron chi connectivity index (χ2n) is 4.86. The van der Waals surface area contributed by atoms with E-state index in [1.165, 1.54) is 6.07 Å². The summed E-state index contributed by atoms with van der Waals surface area (Å²) in [5.41, 5.74) is 7.80. The monoisotopic (exact) mass is 325 g/mol. The molecule has 5 heteroatoms. The first-order chi connectivity index (χ1) is 8.97. The first-order valence-electron chi connectivity index (χ1n) is 6.22. The first-order valence-corrected chi connectivity index (χ1v) is 7.01. The van der Waals surface area contributed by atoms with E-state index in [1.54, 1.807) is 6.07 Å². The molecule has 1 aromatic heterocycles. The van der Waals surface area contributed by atoms with E-state index >= 15 is 0 Å². The van der Waals surface area contributed by atoms with E-state index in [0.29, 0.717) is 16.9 Å². The van der Waals surface area contributed by atoms with Gasteiger partial charge in [-0.25, -0.2) is 4.39 Å². The van der Waals surface area contributed by atoms with Crippen LogP contribution in [0.3, 0.4) is 0 Å². The molecule has 0 aliphatic rings. The number of nitrogens with zero attached hydrogens (tertiary/aromatic N) is 2. The first kappa shape index (κ1) is 14.2. The Balaban J connectivity index is 2.11. The van der Waals surface area contributed by atoms with E-state index in [9.17, 15) is 4.39 Å². The van der Waals surface area contributed by atoms with Gasteiger partial charge in [0.2, 0.25) is 0 Å². The van der Waals surface area contributed by atoms with Crippen molar-refractivity contribution in [1.29, 1.82) is 0 Å². The molecule has 0 radical (unpaired) electrons. The van der Waals surface area contributed by atoms with Crippen molar-refractivity contribution in [1.82, 2.24) is 9.78 Å². The minimum atomic E-state index is -0.291. The lowest BCUT2D eigenvalue weighted by Crippen LogP contribution is -2.14. The molecule has 1 unspecified atom stereocenters. The molecule has 0 spiro atoms. The highest BCUT2D eigenvalue weighted by atomic mass is 79.9. The molecule has 0 aliphatic carbocycles. The minimum absolute atomic E-state index is 0.252. The van der Waals surface area contributed by atoms with Crippen molar-refractivity contribution in [2.24, 2.45) is 5.73 Å². The van der Waals surface area contributed by atoms with Crippen molar-refractivity contribution in [2.45, 2.75) is 32.4 Å². The van der Waals surface area contributed by atoms with Gasteiger partial charge in [0, 0.05) is 24.7 Å². The maximum Gasteiger partial charge on any atom is 0.137 e. The zero-order valence-electron chi connectivity index (χ0n) is 11.0. The van der Waals surface area contributed by atoms with Crippen LogP contribution in [0, 0.1) is 5.82 Å². The summed E-state index contributed by atoms with van der Waals surface area (Å²) in [5, 5.41) is 4.45. The van der Waals surface area contributed by atoms with E-state index in [2.05, 4.69) is 34.9 Å². The van der Waals surface area contributed by atoms with Crippen LogP contribution in [0.25, 0.3) is 0 Å². The summed E-state index contributed by atoms with van der Waals surface area (Å²) in [6.45, 7) is 4.14. The van der Waals surface area contributed by atoms with Gasteiger partial charge in [-0.3, -0.25) is 4.68 Å². The van der Waals surface area contributed by atoms with Crippen LogP contribution < -0.4 is 5.73 Å². The van der Waals surface area contributed by atoms with Gasteiger partial charge in [-0.1, -0.05) is 6.07 Å². The molecule has 3 nitrogen and oxygen atoms in total. The highest BCUT2D eigenvalue weighted by molar-refractivity contribution is 9.10. The third-order valence-electron chi connectivity index (χ3n) is 2.99. The molecule has 102 valence electrons. The molecular weight excluding hydrogens is 309 g/mol. The Kier molecular flexibility index (Phi) is 4.37. The second-order valence-corrected chi connectivity index (χ2v) is 5.72. The van der Waals surface area contributed by atoms with E-state index in [1.807, 2.05) is 23.0 Å². The summed E-state index contributed by atoms with van der Waals surface area (Å²) in [5.74, 6) is -0.291. The average molecular weight is 326 g/mol. The van der Waals surface area contributed by atoms with E-state index in [0.717, 1.165) is 11.3 Å². The van der Waals surface area contributed by atoms with E-state index in [4.69, 9.17) is 5.73 Å². The molecule has 0 saturated heterocycles. The van der Waals surface area contributed by atoms with Crippen molar-refractivity contribution in [3.8, 4) is 0 Å². The topological polar surface area (TPSA) is 43.8 Å². The standard InChI is InChI=1S/C14H17BrFN3/c1-9(2)19-6-5-11(18-19)8-14(17)10-3-4-12(15)13(16)7-10/h3-7,9,14H,8,17H2,1-2H3. The van der Waals surface area contributed by atoms with Gasteiger partial charge in [-0.15, -0.1) is 0 Å². The largest absolute Gasteiger partial charge is 0.324 e. The number of halogens is 2. The molecule has 0 saturated carbocycles. The van der Waals surface area contributed by atoms with Crippen molar-refractivity contribution < 1.29 is 4.39 Å². The van der Waals surface area contributed by atoms with Crippen LogP contribution in [0.15, 0.2) is 34.9 Å². The van der Waals surface area contributed by atoms with Crippen LogP contribution in [0.2, 0.25) is 0 Å². The second kappa shape index (κ2) is 5.84. The lowest BCUT2D eigenvalue weighted by molar-refractivity contribution is 0.522. The van der Waals surface area contributed by atoms with Crippen molar-refractivity contribution >= 4 is 15.9 Å². The zero-order valence-corrected chi connectivity index (χ0v) is 12.6. The molecule has 0 bridgehead atoms. The summed E-state index contributed by atoms with van der Waals surface area (Å²) < 4.78 is 15.8. The highest BCUT2D eigenvalue weighted by Crippen LogP contribution is 2.21. The van der Waals surface area contributed by atoms with Gasteiger partial charge >= 0.3 is 0 Å². The number of aromatic nitrogens is 2. The number of rotatable bonds is 4. The Morgan fingerprint density at radius 3 is 2.68 bits per heavy atom. The van der Waals surface area contributed by atoms with Crippen LogP contribution in [0.5, 0.6) is 0 Å². The molecule has 1 atom stereocenters. The lowest BCUT2D eigenvalue weighted by atomic mass is 10.0. The molecule has 2 aromatic rings. The van der Waals surface area contributed by atoms with Crippen molar-refractivity contribution in [3.05, 3.63) is 52.0 Å². The summed E-state index contributed by atoms with van der Waals surface area (Å²) in [7, 11) is 0. The van der Waals surface area contributed by atoms with Gasteiger partial charge in [0.15, 0.2) is 0 Å². The third-order valence-corrected chi connectivity index (χ3v) is 3.64. The molecule has 1 heterocycles. The molecule has 2 rings (SSSR count). The van der Waals surface area contributed by atoms with E-state index in [-0.39, 0.29) is 11.9 Å². The number of hydrogen-bond acceptors (Lipinski definition) is 2. The van der Waals surface area contributed by atoms with E-state index < -0.39 is 0 Å². The molecule has 19 heavy (non-hydrogen) atoms. The number of nitrogens with two attached hydrogens (primary N) is 1. The quantitative estimate of drug-likeness (QED) is 0.933. The molecule has 2 N–H and O–H groups in total. The van der Waals surface area contributed by atoms with Gasteiger partial charge in [0.05, 0.1) is 10.2 Å². The third kappa shape index (κ3) is 3.42. The van der Waals surface area contributed by atoms with Gasteiger partial charge < -0.3 is 5.73 Å². The normalized spacial score (nSPS) is 12.9. The summed E-state index contributed by atoms with van der Waals surface area (Å²) >= 11 is 3.13. The van der Waals surface area contributed by atoms with Gasteiger partial charge in [-0.2, -0.15) is 5.10 Å². The Labute approximate surface area is 120 Å². The molecule has 0 amide bonds.